The fourth-order valence-electron chi connectivity index (χ4n) is 1.56. The van der Waals surface area contributed by atoms with Gasteiger partial charge in [-0.15, -0.1) is 0 Å². The first-order valence-corrected chi connectivity index (χ1v) is 5.87. The molecule has 0 unspecified atom stereocenters. The van der Waals surface area contributed by atoms with Gasteiger partial charge in [-0.2, -0.15) is 0 Å². The molecule has 3 heteroatoms. The largest absolute Gasteiger partial charge is 0.224 e. The van der Waals surface area contributed by atoms with Crippen molar-refractivity contribution >= 4 is 23.2 Å². The van der Waals surface area contributed by atoms with E-state index in [4.69, 9.17) is 23.2 Å². The molecule has 1 nitrogen and oxygen atoms in total. The molecule has 0 aliphatic rings. The number of benzene rings is 1. The first-order chi connectivity index (χ1) is 7.69. The van der Waals surface area contributed by atoms with Gasteiger partial charge < -0.3 is 0 Å². The lowest BCUT2D eigenvalue weighted by atomic mass is 10.0. The van der Waals surface area contributed by atoms with Crippen molar-refractivity contribution in [1.29, 1.82) is 0 Å². The van der Waals surface area contributed by atoms with Crippen LogP contribution in [0, 0.1) is 0 Å². The van der Waals surface area contributed by atoms with Crippen molar-refractivity contribution in [3.05, 3.63) is 52.3 Å². The van der Waals surface area contributed by atoms with Crippen LogP contribution in [0.1, 0.15) is 12.5 Å². The number of nitrogens with zero attached hydrogens (tertiary/aromatic N) is 1. The second-order valence-electron chi connectivity index (χ2n) is 3.55. The predicted octanol–water partition coefficient (Wildman–Crippen LogP) is 4.62. The van der Waals surface area contributed by atoms with Crippen LogP contribution in [0.15, 0.2) is 36.4 Å². The molecule has 1 heterocycles. The Morgan fingerprint density at radius 1 is 0.938 bits per heavy atom. The highest BCUT2D eigenvalue weighted by atomic mass is 35.5. The minimum Gasteiger partial charge on any atom is -0.224 e. The SMILES string of the molecule is CCc1ccc(-c2cc(Cl)nc(Cl)c2)cc1. The Kier molecular flexibility index (Phi) is 3.47. The Labute approximate surface area is 105 Å². The molecule has 0 amide bonds. The fraction of sp³-hybridized carbons (Fsp3) is 0.154. The van der Waals surface area contributed by atoms with Crippen molar-refractivity contribution in [3.63, 3.8) is 0 Å². The summed E-state index contributed by atoms with van der Waals surface area (Å²) >= 11 is 11.7. The average Bonchev–Trinajstić information content (AvgIpc) is 2.28. The highest BCUT2D eigenvalue weighted by Gasteiger charge is 2.02. The van der Waals surface area contributed by atoms with Gasteiger partial charge in [-0.25, -0.2) is 4.98 Å². The normalized spacial score (nSPS) is 10.4. The van der Waals surface area contributed by atoms with Crippen LogP contribution in [0.25, 0.3) is 11.1 Å². The first kappa shape index (κ1) is 11.4. The monoisotopic (exact) mass is 251 g/mol. The van der Waals surface area contributed by atoms with E-state index in [9.17, 15) is 0 Å². The average molecular weight is 252 g/mol. The maximum atomic E-state index is 5.86. The Morgan fingerprint density at radius 3 is 2.00 bits per heavy atom. The Bertz CT molecular complexity index is 472. The highest BCUT2D eigenvalue weighted by Crippen LogP contribution is 2.25. The molecule has 0 saturated heterocycles. The van der Waals surface area contributed by atoms with Crippen molar-refractivity contribution in [2.75, 3.05) is 0 Å². The van der Waals surface area contributed by atoms with Gasteiger partial charge in [0.25, 0.3) is 0 Å². The van der Waals surface area contributed by atoms with Gasteiger partial charge in [0.1, 0.15) is 10.3 Å². The van der Waals surface area contributed by atoms with Crippen molar-refractivity contribution in [2.24, 2.45) is 0 Å². The number of hydrogen-bond acceptors (Lipinski definition) is 1. The van der Waals surface area contributed by atoms with Crippen LogP contribution >= 0.6 is 23.2 Å². The van der Waals surface area contributed by atoms with Crippen LogP contribution in [0.4, 0.5) is 0 Å². The van der Waals surface area contributed by atoms with Crippen LogP contribution in [0.5, 0.6) is 0 Å². The molecular formula is C13H11Cl2N. The van der Waals surface area contributed by atoms with E-state index in [1.54, 1.807) is 0 Å². The van der Waals surface area contributed by atoms with Gasteiger partial charge in [0.15, 0.2) is 0 Å². The number of pyridine rings is 1. The molecule has 0 saturated carbocycles. The maximum Gasteiger partial charge on any atom is 0.131 e. The summed E-state index contributed by atoms with van der Waals surface area (Å²) in [6.45, 7) is 2.13. The molecule has 0 aliphatic carbocycles. The van der Waals surface area contributed by atoms with E-state index in [2.05, 4.69) is 36.2 Å². The number of hydrogen-bond donors (Lipinski definition) is 0. The van der Waals surface area contributed by atoms with Gasteiger partial charge in [0, 0.05) is 0 Å². The van der Waals surface area contributed by atoms with Gasteiger partial charge in [-0.1, -0.05) is 54.4 Å². The molecule has 0 fully saturated rings. The van der Waals surface area contributed by atoms with E-state index in [0.29, 0.717) is 10.3 Å². The van der Waals surface area contributed by atoms with E-state index in [1.165, 1.54) is 5.56 Å². The van der Waals surface area contributed by atoms with Crippen molar-refractivity contribution in [1.82, 2.24) is 4.98 Å². The molecule has 0 atom stereocenters. The molecule has 2 rings (SSSR count). The van der Waals surface area contributed by atoms with Crippen molar-refractivity contribution in [2.45, 2.75) is 13.3 Å². The molecule has 0 N–H and O–H groups in total. The summed E-state index contributed by atoms with van der Waals surface area (Å²) in [5.74, 6) is 0. The summed E-state index contributed by atoms with van der Waals surface area (Å²) in [7, 11) is 0. The zero-order valence-corrected chi connectivity index (χ0v) is 10.4. The van der Waals surface area contributed by atoms with E-state index in [1.807, 2.05) is 12.1 Å². The molecule has 82 valence electrons. The summed E-state index contributed by atoms with van der Waals surface area (Å²) in [6.07, 6.45) is 1.04. The number of aryl methyl sites for hydroxylation is 1. The second kappa shape index (κ2) is 4.86. The van der Waals surface area contributed by atoms with Crippen molar-refractivity contribution in [3.8, 4) is 11.1 Å². The summed E-state index contributed by atoms with van der Waals surface area (Å²) in [5, 5.41) is 0.837. The third-order valence-electron chi connectivity index (χ3n) is 2.46. The Morgan fingerprint density at radius 2 is 1.50 bits per heavy atom. The van der Waals surface area contributed by atoms with Crippen LogP contribution in [-0.2, 0) is 6.42 Å². The molecule has 16 heavy (non-hydrogen) atoms. The first-order valence-electron chi connectivity index (χ1n) is 5.11. The second-order valence-corrected chi connectivity index (χ2v) is 4.33. The quantitative estimate of drug-likeness (QED) is 0.711. The summed E-state index contributed by atoms with van der Waals surface area (Å²) in [4.78, 5) is 3.92. The minimum atomic E-state index is 0.419. The smallest absolute Gasteiger partial charge is 0.131 e. The molecule has 1 aromatic heterocycles. The van der Waals surface area contributed by atoms with Crippen LogP contribution in [-0.4, -0.2) is 4.98 Å². The summed E-state index contributed by atoms with van der Waals surface area (Å²) < 4.78 is 0. The van der Waals surface area contributed by atoms with E-state index in [0.717, 1.165) is 17.5 Å². The zero-order chi connectivity index (χ0) is 11.5. The Balaban J connectivity index is 2.42. The molecule has 0 aliphatic heterocycles. The Hall–Kier alpha value is -1.05. The van der Waals surface area contributed by atoms with Gasteiger partial charge in [-0.3, -0.25) is 0 Å². The topological polar surface area (TPSA) is 12.9 Å². The molecule has 0 bridgehead atoms. The van der Waals surface area contributed by atoms with E-state index >= 15 is 0 Å². The number of rotatable bonds is 2. The minimum absolute atomic E-state index is 0.419. The standard InChI is InChI=1S/C13H11Cl2N/c1-2-9-3-5-10(6-4-9)11-7-12(14)16-13(15)8-11/h3-8H,2H2,1H3. The third-order valence-corrected chi connectivity index (χ3v) is 2.85. The molecule has 1 aromatic carbocycles. The van der Waals surface area contributed by atoms with Crippen LogP contribution < -0.4 is 0 Å². The molecular weight excluding hydrogens is 241 g/mol. The van der Waals surface area contributed by atoms with Crippen LogP contribution in [0.3, 0.4) is 0 Å². The summed E-state index contributed by atoms with van der Waals surface area (Å²) in [5.41, 5.74) is 3.41. The zero-order valence-electron chi connectivity index (χ0n) is 8.87. The fourth-order valence-corrected chi connectivity index (χ4v) is 2.02. The number of halogens is 2. The van der Waals surface area contributed by atoms with Gasteiger partial charge in [0.05, 0.1) is 0 Å². The lowest BCUT2D eigenvalue weighted by molar-refractivity contribution is 1.14. The number of aromatic nitrogens is 1. The molecule has 0 spiro atoms. The summed E-state index contributed by atoms with van der Waals surface area (Å²) in [6, 6.07) is 12.0. The van der Waals surface area contributed by atoms with E-state index in [-0.39, 0.29) is 0 Å². The lowest BCUT2D eigenvalue weighted by Gasteiger charge is -2.04. The molecule has 2 aromatic rings. The molecule has 0 radical (unpaired) electrons. The van der Waals surface area contributed by atoms with Crippen molar-refractivity contribution < 1.29 is 0 Å². The van der Waals surface area contributed by atoms with Gasteiger partial charge in [-0.05, 0) is 35.2 Å². The van der Waals surface area contributed by atoms with Crippen LogP contribution in [0.2, 0.25) is 10.3 Å². The third kappa shape index (κ3) is 2.55. The predicted molar refractivity (Wildman–Crippen MR) is 69.1 cm³/mol. The van der Waals surface area contributed by atoms with E-state index < -0.39 is 0 Å². The highest BCUT2D eigenvalue weighted by molar-refractivity contribution is 6.32. The van der Waals surface area contributed by atoms with Gasteiger partial charge in [0.2, 0.25) is 0 Å². The van der Waals surface area contributed by atoms with Gasteiger partial charge >= 0.3 is 0 Å². The maximum absolute atomic E-state index is 5.86. The lowest BCUT2D eigenvalue weighted by Crippen LogP contribution is -1.84.